The van der Waals surface area contributed by atoms with Crippen LogP contribution in [0.4, 0.5) is 0 Å². The lowest BCUT2D eigenvalue weighted by atomic mass is 9.83. The lowest BCUT2D eigenvalue weighted by Crippen LogP contribution is -2.28. The van der Waals surface area contributed by atoms with Crippen molar-refractivity contribution in [3.63, 3.8) is 0 Å². The number of aryl methyl sites for hydroxylation is 1. The molecule has 0 saturated carbocycles. The summed E-state index contributed by atoms with van der Waals surface area (Å²) in [6, 6.07) is 14.2. The summed E-state index contributed by atoms with van der Waals surface area (Å²) in [5, 5.41) is 13.4. The number of aromatic nitrogens is 1. The number of carboxylic acids is 1. The van der Waals surface area contributed by atoms with Gasteiger partial charge < -0.3 is 14.6 Å². The van der Waals surface area contributed by atoms with Gasteiger partial charge in [0.25, 0.3) is 0 Å². The first kappa shape index (κ1) is 22.4. The van der Waals surface area contributed by atoms with Crippen LogP contribution in [0.3, 0.4) is 0 Å². The molecule has 34 heavy (non-hydrogen) atoms. The molecule has 2 heterocycles. The molecule has 0 spiro atoms. The highest BCUT2D eigenvalue weighted by Crippen LogP contribution is 2.46. The van der Waals surface area contributed by atoms with Crippen molar-refractivity contribution in [2.75, 3.05) is 6.61 Å². The number of benzene rings is 3. The monoisotopic (exact) mass is 455 g/mol. The molecule has 0 unspecified atom stereocenters. The highest BCUT2D eigenvalue weighted by atomic mass is 16.5. The van der Waals surface area contributed by atoms with Crippen LogP contribution in [0, 0.1) is 13.8 Å². The van der Waals surface area contributed by atoms with Gasteiger partial charge in [0.15, 0.2) is 6.10 Å². The van der Waals surface area contributed by atoms with Crippen LogP contribution < -0.4 is 4.74 Å². The summed E-state index contributed by atoms with van der Waals surface area (Å²) < 4.78 is 12.1. The molecular weight excluding hydrogens is 426 g/mol. The summed E-state index contributed by atoms with van der Waals surface area (Å²) in [5.41, 5.74) is 5.78. The Morgan fingerprint density at radius 1 is 1.06 bits per heavy atom. The van der Waals surface area contributed by atoms with Crippen LogP contribution in [0.1, 0.15) is 49.1 Å². The minimum atomic E-state index is -1.12. The molecule has 1 N–H and O–H groups in total. The van der Waals surface area contributed by atoms with E-state index in [0.717, 1.165) is 56.1 Å². The Balaban J connectivity index is 1.94. The average molecular weight is 456 g/mol. The number of pyridine rings is 1. The van der Waals surface area contributed by atoms with Crippen molar-refractivity contribution in [3.05, 3.63) is 70.9 Å². The molecule has 0 bridgehead atoms. The topological polar surface area (TPSA) is 68.7 Å². The molecule has 1 aliphatic rings. The number of ether oxygens (including phenoxy) is 2. The van der Waals surface area contributed by atoms with E-state index in [2.05, 4.69) is 12.1 Å². The van der Waals surface area contributed by atoms with Gasteiger partial charge in [-0.2, -0.15) is 0 Å². The molecule has 0 saturated heterocycles. The van der Waals surface area contributed by atoms with Gasteiger partial charge in [0.1, 0.15) is 5.75 Å². The van der Waals surface area contributed by atoms with E-state index >= 15 is 0 Å². The largest absolute Gasteiger partial charge is 0.493 e. The van der Waals surface area contributed by atoms with E-state index in [1.807, 2.05) is 71.1 Å². The summed E-state index contributed by atoms with van der Waals surface area (Å²) in [5.74, 6) is -0.184. The second kappa shape index (κ2) is 8.10. The van der Waals surface area contributed by atoms with Gasteiger partial charge in [-0.3, -0.25) is 4.98 Å². The summed E-state index contributed by atoms with van der Waals surface area (Å²) in [6.45, 7) is 10.3. The van der Waals surface area contributed by atoms with Gasteiger partial charge in [-0.05, 0) is 85.8 Å². The maximum atomic E-state index is 12.6. The summed E-state index contributed by atoms with van der Waals surface area (Å²) >= 11 is 0. The van der Waals surface area contributed by atoms with Gasteiger partial charge in [0.2, 0.25) is 0 Å². The fourth-order valence-electron chi connectivity index (χ4n) is 5.07. The minimum Gasteiger partial charge on any atom is -0.493 e. The van der Waals surface area contributed by atoms with E-state index in [4.69, 9.17) is 14.5 Å². The molecule has 1 atom stereocenters. The number of nitrogens with zero attached hydrogens (tertiary/aromatic N) is 1. The summed E-state index contributed by atoms with van der Waals surface area (Å²) in [4.78, 5) is 17.4. The highest BCUT2D eigenvalue weighted by Gasteiger charge is 2.33. The van der Waals surface area contributed by atoms with Crippen molar-refractivity contribution in [1.82, 2.24) is 4.98 Å². The first-order valence-electron chi connectivity index (χ1n) is 11.6. The Morgan fingerprint density at radius 2 is 1.79 bits per heavy atom. The normalized spacial score (nSPS) is 14.3. The van der Waals surface area contributed by atoms with Crippen molar-refractivity contribution in [1.29, 1.82) is 0 Å². The van der Waals surface area contributed by atoms with Gasteiger partial charge in [-0.15, -0.1) is 0 Å². The predicted octanol–water partition coefficient (Wildman–Crippen LogP) is 6.55. The number of fused-ring (bicyclic) bond motifs is 1. The molecule has 1 aliphatic heterocycles. The average Bonchev–Trinajstić information content (AvgIpc) is 2.80. The van der Waals surface area contributed by atoms with Crippen molar-refractivity contribution in [3.8, 4) is 16.9 Å². The quantitative estimate of drug-likeness (QED) is 0.378. The van der Waals surface area contributed by atoms with Crippen LogP contribution >= 0.6 is 0 Å². The molecular formula is C29H29NO4. The van der Waals surface area contributed by atoms with E-state index < -0.39 is 17.7 Å². The highest BCUT2D eigenvalue weighted by molar-refractivity contribution is 6.09. The third-order valence-corrected chi connectivity index (χ3v) is 6.63. The van der Waals surface area contributed by atoms with Crippen LogP contribution in [0.2, 0.25) is 0 Å². The first-order chi connectivity index (χ1) is 16.2. The zero-order chi connectivity index (χ0) is 24.2. The molecule has 0 aliphatic carbocycles. The van der Waals surface area contributed by atoms with Crippen LogP contribution in [0.5, 0.6) is 5.75 Å². The number of hydrogen-bond donors (Lipinski definition) is 1. The second-order valence-corrected chi connectivity index (χ2v) is 9.94. The minimum absolute atomic E-state index is 0.641. The fraction of sp³-hybridized carbons (Fsp3) is 0.310. The SMILES string of the molecule is Cc1c([C@H](OC(C)(C)C)C(=O)O)c(-c2ccc3c4c(ccnc24)CCO3)c2ccccc2c1C. The molecule has 1 aromatic heterocycles. The lowest BCUT2D eigenvalue weighted by Gasteiger charge is -2.30. The molecule has 4 aromatic rings. The first-order valence-corrected chi connectivity index (χ1v) is 11.6. The van der Waals surface area contributed by atoms with Gasteiger partial charge >= 0.3 is 5.97 Å². The number of rotatable bonds is 4. The predicted molar refractivity (Wildman–Crippen MR) is 135 cm³/mol. The van der Waals surface area contributed by atoms with E-state index in [-0.39, 0.29) is 0 Å². The molecule has 5 rings (SSSR count). The van der Waals surface area contributed by atoms with E-state index in [9.17, 15) is 9.90 Å². The Kier molecular flexibility index (Phi) is 5.33. The van der Waals surface area contributed by atoms with E-state index in [1.54, 1.807) is 0 Å². The van der Waals surface area contributed by atoms with Crippen molar-refractivity contribution >= 4 is 27.6 Å². The van der Waals surface area contributed by atoms with Gasteiger partial charge in [0, 0.05) is 29.1 Å². The van der Waals surface area contributed by atoms with Crippen LogP contribution in [-0.2, 0) is 16.0 Å². The van der Waals surface area contributed by atoms with Crippen LogP contribution in [0.25, 0.3) is 32.8 Å². The zero-order valence-electron chi connectivity index (χ0n) is 20.2. The standard InChI is InChI=1S/C29H29NO4/c1-16-17(2)23(27(28(31)32)34-29(3,4)5)25(20-9-7-6-8-19(16)20)21-10-11-22-24-18(13-15-33-22)12-14-30-26(21)24/h6-12,14,27H,13,15H2,1-5H3,(H,31,32)/t27-/m0/s1. The fourth-order valence-corrected chi connectivity index (χ4v) is 5.07. The van der Waals surface area contributed by atoms with Crippen molar-refractivity contribution in [2.45, 2.75) is 52.7 Å². The molecule has 5 heteroatoms. The summed E-state index contributed by atoms with van der Waals surface area (Å²) in [6.07, 6.45) is 1.53. The van der Waals surface area contributed by atoms with Crippen LogP contribution in [-0.4, -0.2) is 28.3 Å². The molecule has 174 valence electrons. The zero-order valence-corrected chi connectivity index (χ0v) is 20.2. The maximum absolute atomic E-state index is 12.6. The van der Waals surface area contributed by atoms with Gasteiger partial charge in [-0.25, -0.2) is 4.79 Å². The number of hydrogen-bond acceptors (Lipinski definition) is 4. The number of carboxylic acid groups (broad SMARTS) is 1. The number of carbonyl (C=O) groups is 1. The van der Waals surface area contributed by atoms with E-state index in [1.165, 1.54) is 5.56 Å². The maximum Gasteiger partial charge on any atom is 0.337 e. The Hall–Kier alpha value is -3.44. The smallest absolute Gasteiger partial charge is 0.337 e. The molecule has 0 fully saturated rings. The molecule has 0 radical (unpaired) electrons. The Bertz CT molecular complexity index is 1440. The number of aliphatic carboxylic acids is 1. The van der Waals surface area contributed by atoms with Crippen molar-refractivity contribution in [2.24, 2.45) is 0 Å². The molecule has 3 aromatic carbocycles. The third kappa shape index (κ3) is 3.61. The molecule has 5 nitrogen and oxygen atoms in total. The Labute approximate surface area is 199 Å². The Morgan fingerprint density at radius 3 is 2.50 bits per heavy atom. The van der Waals surface area contributed by atoms with Gasteiger partial charge in [-0.1, -0.05) is 24.3 Å². The van der Waals surface area contributed by atoms with Crippen LogP contribution in [0.15, 0.2) is 48.7 Å². The second-order valence-electron chi connectivity index (χ2n) is 9.94. The van der Waals surface area contributed by atoms with Crippen molar-refractivity contribution < 1.29 is 19.4 Å². The third-order valence-electron chi connectivity index (χ3n) is 6.63. The van der Waals surface area contributed by atoms with E-state index in [0.29, 0.717) is 12.2 Å². The summed E-state index contributed by atoms with van der Waals surface area (Å²) in [7, 11) is 0. The lowest BCUT2D eigenvalue weighted by molar-refractivity contribution is -0.160. The molecule has 0 amide bonds. The van der Waals surface area contributed by atoms with Gasteiger partial charge in [0.05, 0.1) is 17.7 Å².